The summed E-state index contributed by atoms with van der Waals surface area (Å²) in [5.74, 6) is 0. The first kappa shape index (κ1) is 12.8. The van der Waals surface area contributed by atoms with Gasteiger partial charge in [-0.1, -0.05) is 18.2 Å². The van der Waals surface area contributed by atoms with Crippen LogP contribution < -0.4 is 0 Å². The van der Waals surface area contributed by atoms with Crippen LogP contribution in [0.15, 0.2) is 35.2 Å². The molecule has 0 N–H and O–H groups in total. The average Bonchev–Trinajstić information content (AvgIpc) is 1.90. The number of hydrogen-bond donors (Lipinski definition) is 0. The van der Waals surface area contributed by atoms with E-state index in [4.69, 9.17) is 0 Å². The molecule has 10 heavy (non-hydrogen) atoms. The fraction of sp³-hybridized carbons (Fsp3) is 0.143. The second-order valence-corrected chi connectivity index (χ2v) is 2.40. The highest BCUT2D eigenvalue weighted by molar-refractivity contribution is 7.98. The van der Waals surface area contributed by atoms with Crippen LogP contribution in [0.25, 0.3) is 0 Å². The minimum Gasteiger partial charge on any atom is -0.147 e. The summed E-state index contributed by atoms with van der Waals surface area (Å²) in [6.45, 7) is 0. The number of thioether (sulfide) groups is 1. The molecule has 0 heterocycles. The second-order valence-electron chi connectivity index (χ2n) is 1.52. The van der Waals surface area contributed by atoms with Crippen molar-refractivity contribution in [2.75, 3.05) is 6.26 Å². The molecule has 0 fully saturated rings. The quantitative estimate of drug-likeness (QED) is 0.622. The fourth-order valence-corrected chi connectivity index (χ4v) is 0.986. The number of benzene rings is 1. The third-order valence-electron chi connectivity index (χ3n) is 0.979. The van der Waals surface area contributed by atoms with Crippen LogP contribution in [0.2, 0.25) is 0 Å². The molecule has 1 aromatic carbocycles. The van der Waals surface area contributed by atoms with Gasteiger partial charge in [0.05, 0.1) is 0 Å². The molecule has 3 heteroatoms. The Kier molecular flexibility index (Phi) is 9.29. The zero-order valence-electron chi connectivity index (χ0n) is 5.61. The number of rotatable bonds is 1. The smallest absolute Gasteiger partial charge is 0.00691 e. The highest BCUT2D eigenvalue weighted by Crippen LogP contribution is 2.11. The Hall–Kier alpha value is 0.150. The van der Waals surface area contributed by atoms with Crippen LogP contribution in [0.1, 0.15) is 0 Å². The van der Waals surface area contributed by atoms with Gasteiger partial charge in [0, 0.05) is 4.90 Å². The maximum absolute atomic E-state index is 2.10. The molecular formula is C7H10Cl2S. The van der Waals surface area contributed by atoms with Crippen LogP contribution in [-0.2, 0) is 0 Å². The summed E-state index contributed by atoms with van der Waals surface area (Å²) < 4.78 is 0. The molecular weight excluding hydrogens is 187 g/mol. The van der Waals surface area contributed by atoms with Gasteiger partial charge in [0.1, 0.15) is 0 Å². The lowest BCUT2D eigenvalue weighted by atomic mass is 10.4. The maximum Gasteiger partial charge on any atom is 0.00691 e. The molecule has 0 amide bonds. The van der Waals surface area contributed by atoms with E-state index in [1.54, 1.807) is 11.8 Å². The van der Waals surface area contributed by atoms with E-state index in [2.05, 4.69) is 18.4 Å². The lowest BCUT2D eigenvalue weighted by Crippen LogP contribution is -1.62. The Morgan fingerprint density at radius 1 is 1.00 bits per heavy atom. The highest BCUT2D eigenvalue weighted by atomic mass is 35.5. The van der Waals surface area contributed by atoms with Gasteiger partial charge in [0.2, 0.25) is 0 Å². The summed E-state index contributed by atoms with van der Waals surface area (Å²) in [4.78, 5) is 1.33. The first-order valence-corrected chi connectivity index (χ1v) is 3.75. The van der Waals surface area contributed by atoms with Gasteiger partial charge in [-0.05, 0) is 18.4 Å². The van der Waals surface area contributed by atoms with E-state index in [-0.39, 0.29) is 24.8 Å². The fourth-order valence-electron chi connectivity index (χ4n) is 0.557. The van der Waals surface area contributed by atoms with Crippen molar-refractivity contribution in [2.24, 2.45) is 0 Å². The van der Waals surface area contributed by atoms with E-state index in [1.807, 2.05) is 18.2 Å². The molecule has 0 saturated carbocycles. The van der Waals surface area contributed by atoms with Crippen LogP contribution in [0, 0.1) is 0 Å². The molecule has 58 valence electrons. The highest BCUT2D eigenvalue weighted by Gasteiger charge is 1.80. The summed E-state index contributed by atoms with van der Waals surface area (Å²) in [7, 11) is 0. The van der Waals surface area contributed by atoms with Crippen molar-refractivity contribution < 1.29 is 0 Å². The SMILES string of the molecule is CSc1ccccc1.Cl.Cl. The molecule has 0 saturated heterocycles. The van der Waals surface area contributed by atoms with Crippen molar-refractivity contribution >= 4 is 36.6 Å². The van der Waals surface area contributed by atoms with Gasteiger partial charge in [-0.25, -0.2) is 0 Å². The molecule has 1 rings (SSSR count). The molecule has 0 aliphatic heterocycles. The molecule has 0 aliphatic rings. The minimum atomic E-state index is 0. The Balaban J connectivity index is 0. The van der Waals surface area contributed by atoms with Gasteiger partial charge in [-0.15, -0.1) is 36.6 Å². The third kappa shape index (κ3) is 4.04. The molecule has 1 aromatic rings. The summed E-state index contributed by atoms with van der Waals surface area (Å²) in [5, 5.41) is 0. The van der Waals surface area contributed by atoms with Gasteiger partial charge >= 0.3 is 0 Å². The molecule has 0 spiro atoms. The summed E-state index contributed by atoms with van der Waals surface area (Å²) in [6.07, 6.45) is 2.08. The third-order valence-corrected chi connectivity index (χ3v) is 1.72. The van der Waals surface area contributed by atoms with Gasteiger partial charge in [-0.3, -0.25) is 0 Å². The topological polar surface area (TPSA) is 0 Å². The van der Waals surface area contributed by atoms with Crippen molar-refractivity contribution in [1.82, 2.24) is 0 Å². The van der Waals surface area contributed by atoms with E-state index in [0.29, 0.717) is 0 Å². The zero-order valence-corrected chi connectivity index (χ0v) is 8.06. The van der Waals surface area contributed by atoms with E-state index >= 15 is 0 Å². The summed E-state index contributed by atoms with van der Waals surface area (Å²) in [5.41, 5.74) is 0. The van der Waals surface area contributed by atoms with Crippen molar-refractivity contribution in [3.05, 3.63) is 30.3 Å². The van der Waals surface area contributed by atoms with E-state index < -0.39 is 0 Å². The van der Waals surface area contributed by atoms with Crippen molar-refractivity contribution in [1.29, 1.82) is 0 Å². The molecule has 0 aromatic heterocycles. The molecule has 0 nitrogen and oxygen atoms in total. The maximum atomic E-state index is 2.10. The molecule has 0 bridgehead atoms. The molecule has 0 unspecified atom stereocenters. The lowest BCUT2D eigenvalue weighted by Gasteiger charge is -1.89. The van der Waals surface area contributed by atoms with Gasteiger partial charge in [0.25, 0.3) is 0 Å². The van der Waals surface area contributed by atoms with Gasteiger partial charge < -0.3 is 0 Å². The number of halogens is 2. The zero-order chi connectivity index (χ0) is 5.82. The first-order valence-electron chi connectivity index (χ1n) is 2.52. The monoisotopic (exact) mass is 196 g/mol. The van der Waals surface area contributed by atoms with Crippen molar-refractivity contribution in [3.8, 4) is 0 Å². The minimum absolute atomic E-state index is 0. The van der Waals surface area contributed by atoms with Crippen LogP contribution >= 0.6 is 36.6 Å². The standard InChI is InChI=1S/C7H8S.2ClH/c1-8-7-5-3-2-4-6-7;;/h2-6H,1H3;2*1H. The Morgan fingerprint density at radius 3 is 1.80 bits per heavy atom. The van der Waals surface area contributed by atoms with E-state index in [9.17, 15) is 0 Å². The van der Waals surface area contributed by atoms with Crippen LogP contribution in [0.5, 0.6) is 0 Å². The predicted molar refractivity (Wildman–Crippen MR) is 52.7 cm³/mol. The Morgan fingerprint density at radius 2 is 1.50 bits per heavy atom. The summed E-state index contributed by atoms with van der Waals surface area (Å²) >= 11 is 1.77. The van der Waals surface area contributed by atoms with Crippen molar-refractivity contribution in [2.45, 2.75) is 4.90 Å². The van der Waals surface area contributed by atoms with Crippen molar-refractivity contribution in [3.63, 3.8) is 0 Å². The lowest BCUT2D eigenvalue weighted by molar-refractivity contribution is 1.47. The molecule has 0 aliphatic carbocycles. The second kappa shape index (κ2) is 7.26. The van der Waals surface area contributed by atoms with Crippen LogP contribution in [-0.4, -0.2) is 6.26 Å². The normalized spacial score (nSPS) is 7.30. The Labute approximate surface area is 78.2 Å². The largest absolute Gasteiger partial charge is 0.147 e. The molecule has 0 radical (unpaired) electrons. The predicted octanol–water partition coefficient (Wildman–Crippen LogP) is 3.25. The Bertz CT molecular complexity index is 153. The van der Waals surface area contributed by atoms with Gasteiger partial charge in [0.15, 0.2) is 0 Å². The van der Waals surface area contributed by atoms with Crippen LogP contribution in [0.3, 0.4) is 0 Å². The van der Waals surface area contributed by atoms with E-state index in [1.165, 1.54) is 4.90 Å². The molecule has 0 atom stereocenters. The average molecular weight is 197 g/mol. The first-order chi connectivity index (χ1) is 3.93. The van der Waals surface area contributed by atoms with Crippen LogP contribution in [0.4, 0.5) is 0 Å². The van der Waals surface area contributed by atoms with E-state index in [0.717, 1.165) is 0 Å². The summed E-state index contributed by atoms with van der Waals surface area (Å²) in [6, 6.07) is 10.3. The van der Waals surface area contributed by atoms with Gasteiger partial charge in [-0.2, -0.15) is 0 Å². The number of hydrogen-bond acceptors (Lipinski definition) is 1.